The molecule has 5 heteroatoms. The zero-order valence-electron chi connectivity index (χ0n) is 14.4. The normalized spacial score (nSPS) is 11.7. The van der Waals surface area contributed by atoms with Gasteiger partial charge < -0.3 is 15.8 Å². The summed E-state index contributed by atoms with van der Waals surface area (Å²) in [5, 5.41) is 4.74. The third kappa shape index (κ3) is 4.00. The SMILES string of the molecule is COc1ccc(C[C@@H](NC(=O)c2ccc3ccccc3c2)C(N)=O)cc1. The Labute approximate surface area is 151 Å². The van der Waals surface area contributed by atoms with Crippen LogP contribution in [0.4, 0.5) is 0 Å². The Kier molecular flexibility index (Phi) is 5.17. The monoisotopic (exact) mass is 348 g/mol. The quantitative estimate of drug-likeness (QED) is 0.718. The molecule has 2 amide bonds. The van der Waals surface area contributed by atoms with E-state index in [9.17, 15) is 9.59 Å². The summed E-state index contributed by atoms with van der Waals surface area (Å²) in [6.45, 7) is 0. The number of fused-ring (bicyclic) bond motifs is 1. The second-order valence-electron chi connectivity index (χ2n) is 6.04. The lowest BCUT2D eigenvalue weighted by Crippen LogP contribution is -2.45. The van der Waals surface area contributed by atoms with Gasteiger partial charge in [-0.15, -0.1) is 0 Å². The smallest absolute Gasteiger partial charge is 0.251 e. The number of methoxy groups -OCH3 is 1. The van der Waals surface area contributed by atoms with Crippen LogP contribution in [0.3, 0.4) is 0 Å². The molecule has 0 saturated heterocycles. The molecular weight excluding hydrogens is 328 g/mol. The molecule has 5 nitrogen and oxygen atoms in total. The zero-order valence-corrected chi connectivity index (χ0v) is 14.4. The molecule has 0 saturated carbocycles. The predicted octanol–water partition coefficient (Wildman–Crippen LogP) is 2.67. The number of benzene rings is 3. The Hall–Kier alpha value is -3.34. The van der Waals surface area contributed by atoms with E-state index in [0.717, 1.165) is 22.1 Å². The van der Waals surface area contributed by atoms with Crippen LogP contribution in [0.15, 0.2) is 66.7 Å². The summed E-state index contributed by atoms with van der Waals surface area (Å²) in [4.78, 5) is 24.3. The molecule has 0 aromatic heterocycles. The zero-order chi connectivity index (χ0) is 18.5. The Morgan fingerprint density at radius 2 is 1.69 bits per heavy atom. The average molecular weight is 348 g/mol. The van der Waals surface area contributed by atoms with E-state index in [1.165, 1.54) is 0 Å². The molecule has 0 bridgehead atoms. The number of carbonyl (C=O) groups is 2. The molecule has 26 heavy (non-hydrogen) atoms. The molecule has 3 aromatic rings. The average Bonchev–Trinajstić information content (AvgIpc) is 2.67. The topological polar surface area (TPSA) is 81.4 Å². The molecule has 3 rings (SSSR count). The van der Waals surface area contributed by atoms with Crippen molar-refractivity contribution in [1.29, 1.82) is 0 Å². The largest absolute Gasteiger partial charge is 0.497 e. The summed E-state index contributed by atoms with van der Waals surface area (Å²) < 4.78 is 5.12. The third-order valence-corrected chi connectivity index (χ3v) is 4.26. The van der Waals surface area contributed by atoms with E-state index in [-0.39, 0.29) is 5.91 Å². The first-order valence-corrected chi connectivity index (χ1v) is 8.29. The van der Waals surface area contributed by atoms with Crippen LogP contribution < -0.4 is 15.8 Å². The van der Waals surface area contributed by atoms with Gasteiger partial charge in [0.15, 0.2) is 0 Å². The van der Waals surface area contributed by atoms with E-state index in [1.807, 2.05) is 42.5 Å². The van der Waals surface area contributed by atoms with Crippen molar-refractivity contribution in [2.75, 3.05) is 7.11 Å². The second kappa shape index (κ2) is 7.70. The van der Waals surface area contributed by atoms with E-state index < -0.39 is 11.9 Å². The molecule has 1 atom stereocenters. The number of amides is 2. The van der Waals surface area contributed by atoms with E-state index in [0.29, 0.717) is 12.0 Å². The van der Waals surface area contributed by atoms with Gasteiger partial charge in [-0.2, -0.15) is 0 Å². The summed E-state index contributed by atoms with van der Waals surface area (Å²) in [5.74, 6) is -0.174. The van der Waals surface area contributed by atoms with Gasteiger partial charge >= 0.3 is 0 Å². The van der Waals surface area contributed by atoms with E-state index >= 15 is 0 Å². The third-order valence-electron chi connectivity index (χ3n) is 4.26. The van der Waals surface area contributed by atoms with Crippen LogP contribution >= 0.6 is 0 Å². The van der Waals surface area contributed by atoms with Crippen molar-refractivity contribution in [2.45, 2.75) is 12.5 Å². The van der Waals surface area contributed by atoms with Crippen molar-refractivity contribution in [2.24, 2.45) is 5.73 Å². The molecule has 3 N–H and O–H groups in total. The molecule has 0 radical (unpaired) electrons. The Morgan fingerprint density at radius 1 is 1.00 bits per heavy atom. The molecular formula is C21H20N2O3. The first-order valence-electron chi connectivity index (χ1n) is 8.29. The second-order valence-corrected chi connectivity index (χ2v) is 6.04. The molecule has 0 heterocycles. The lowest BCUT2D eigenvalue weighted by molar-refractivity contribution is -0.119. The predicted molar refractivity (Wildman–Crippen MR) is 101 cm³/mol. The van der Waals surface area contributed by atoms with Crippen molar-refractivity contribution in [3.05, 3.63) is 77.9 Å². The standard InChI is InChI=1S/C21H20N2O3/c1-26-18-10-6-14(7-11-18)12-19(20(22)24)23-21(25)17-9-8-15-4-2-3-5-16(15)13-17/h2-11,13,19H,12H2,1H3,(H2,22,24)(H,23,25)/t19-/m1/s1. The van der Waals surface area contributed by atoms with Crippen LogP contribution in [-0.2, 0) is 11.2 Å². The van der Waals surface area contributed by atoms with Crippen molar-refractivity contribution >= 4 is 22.6 Å². The van der Waals surface area contributed by atoms with Gasteiger partial charge in [-0.05, 0) is 40.6 Å². The molecule has 3 aromatic carbocycles. The van der Waals surface area contributed by atoms with Gasteiger partial charge in [0, 0.05) is 12.0 Å². The summed E-state index contributed by atoms with van der Waals surface area (Å²) in [6, 6.07) is 19.7. The number of rotatable bonds is 6. The summed E-state index contributed by atoms with van der Waals surface area (Å²) in [7, 11) is 1.59. The van der Waals surface area contributed by atoms with Gasteiger partial charge in [-0.3, -0.25) is 9.59 Å². The number of nitrogens with one attached hydrogen (secondary N) is 1. The van der Waals surface area contributed by atoms with Crippen LogP contribution in [0.25, 0.3) is 10.8 Å². The van der Waals surface area contributed by atoms with Gasteiger partial charge in [-0.25, -0.2) is 0 Å². The molecule has 0 aliphatic carbocycles. The summed E-state index contributed by atoms with van der Waals surface area (Å²) in [6.07, 6.45) is 0.318. The highest BCUT2D eigenvalue weighted by atomic mass is 16.5. The maximum Gasteiger partial charge on any atom is 0.251 e. The Morgan fingerprint density at radius 3 is 2.35 bits per heavy atom. The van der Waals surface area contributed by atoms with E-state index in [2.05, 4.69) is 5.32 Å². The molecule has 0 aliphatic rings. The van der Waals surface area contributed by atoms with Gasteiger partial charge in [0.1, 0.15) is 11.8 Å². The highest BCUT2D eigenvalue weighted by Gasteiger charge is 2.19. The van der Waals surface area contributed by atoms with Crippen molar-refractivity contribution in [1.82, 2.24) is 5.32 Å². The maximum absolute atomic E-state index is 12.6. The van der Waals surface area contributed by atoms with Gasteiger partial charge in [0.2, 0.25) is 5.91 Å². The van der Waals surface area contributed by atoms with Crippen molar-refractivity contribution in [3.8, 4) is 5.75 Å². The van der Waals surface area contributed by atoms with Crippen LogP contribution in [0, 0.1) is 0 Å². The highest BCUT2D eigenvalue weighted by Crippen LogP contribution is 2.16. The van der Waals surface area contributed by atoms with E-state index in [1.54, 1.807) is 31.4 Å². The number of hydrogen-bond donors (Lipinski definition) is 2. The minimum absolute atomic E-state index is 0.318. The maximum atomic E-state index is 12.6. The highest BCUT2D eigenvalue weighted by molar-refractivity contribution is 6.00. The fraction of sp³-hybridized carbons (Fsp3) is 0.143. The molecule has 0 spiro atoms. The fourth-order valence-corrected chi connectivity index (χ4v) is 2.79. The van der Waals surface area contributed by atoms with Crippen molar-refractivity contribution < 1.29 is 14.3 Å². The number of nitrogens with two attached hydrogens (primary N) is 1. The molecule has 132 valence electrons. The summed E-state index contributed by atoms with van der Waals surface area (Å²) in [5.41, 5.74) is 6.85. The van der Waals surface area contributed by atoms with Gasteiger partial charge in [-0.1, -0.05) is 42.5 Å². The van der Waals surface area contributed by atoms with Crippen LogP contribution in [0.1, 0.15) is 15.9 Å². The fourth-order valence-electron chi connectivity index (χ4n) is 2.79. The van der Waals surface area contributed by atoms with Gasteiger partial charge in [0.05, 0.1) is 7.11 Å². The lowest BCUT2D eigenvalue weighted by Gasteiger charge is -2.16. The van der Waals surface area contributed by atoms with E-state index in [4.69, 9.17) is 10.5 Å². The first kappa shape index (κ1) is 17.5. The molecule has 0 fully saturated rings. The van der Waals surface area contributed by atoms with Gasteiger partial charge in [0.25, 0.3) is 5.91 Å². The Balaban J connectivity index is 1.75. The number of ether oxygens (including phenoxy) is 1. The lowest BCUT2D eigenvalue weighted by atomic mass is 10.0. The van der Waals surface area contributed by atoms with Crippen LogP contribution in [-0.4, -0.2) is 25.0 Å². The minimum Gasteiger partial charge on any atom is -0.497 e. The first-order chi connectivity index (χ1) is 12.6. The minimum atomic E-state index is -0.789. The van der Waals surface area contributed by atoms with Crippen molar-refractivity contribution in [3.63, 3.8) is 0 Å². The molecule has 0 aliphatic heterocycles. The number of primary amides is 1. The summed E-state index contributed by atoms with van der Waals surface area (Å²) >= 11 is 0. The Bertz CT molecular complexity index is 935. The molecule has 0 unspecified atom stereocenters. The van der Waals surface area contributed by atoms with Crippen LogP contribution in [0.5, 0.6) is 5.75 Å². The van der Waals surface area contributed by atoms with Crippen LogP contribution in [0.2, 0.25) is 0 Å². The number of hydrogen-bond acceptors (Lipinski definition) is 3. The number of carbonyl (C=O) groups excluding carboxylic acids is 2.